The molecule has 0 radical (unpaired) electrons. The van der Waals surface area contributed by atoms with Gasteiger partial charge in [-0.05, 0) is 50.7 Å². The van der Waals surface area contributed by atoms with Gasteiger partial charge in [0.25, 0.3) is 0 Å². The first-order valence-corrected chi connectivity index (χ1v) is 13.0. The van der Waals surface area contributed by atoms with E-state index in [-0.39, 0.29) is 23.2 Å². The molecule has 35 heavy (non-hydrogen) atoms. The van der Waals surface area contributed by atoms with Crippen molar-refractivity contribution in [2.24, 2.45) is 0 Å². The number of hydrogen-bond donors (Lipinski definition) is 1. The molecule has 2 aliphatic rings. The number of carboxylic acids is 1. The lowest BCUT2D eigenvalue weighted by molar-refractivity contribution is 0.0209. The molecule has 4 rings (SSSR count). The van der Waals surface area contributed by atoms with Gasteiger partial charge in [-0.2, -0.15) is 0 Å². The molecule has 0 atom stereocenters. The van der Waals surface area contributed by atoms with Gasteiger partial charge < -0.3 is 9.84 Å². The first-order chi connectivity index (χ1) is 17.0. The number of hydrogen-bond acceptors (Lipinski definition) is 5. The number of esters is 1. The summed E-state index contributed by atoms with van der Waals surface area (Å²) in [4.78, 5) is 44.3. The Kier molecular flexibility index (Phi) is 13.0. The van der Waals surface area contributed by atoms with Crippen molar-refractivity contribution in [2.45, 2.75) is 75.1 Å². The van der Waals surface area contributed by atoms with Crippen LogP contribution in [0.1, 0.15) is 106 Å². The van der Waals surface area contributed by atoms with Crippen LogP contribution in [0.3, 0.4) is 0 Å². The van der Waals surface area contributed by atoms with Crippen molar-refractivity contribution >= 4 is 40.4 Å². The van der Waals surface area contributed by atoms with E-state index in [1.807, 2.05) is 0 Å². The second kappa shape index (κ2) is 16.0. The molecule has 7 heteroatoms. The SMILES string of the molecule is BrC1CCCCC1.O=Cc1ccccc1C(=O)O.O=Cc1ccccc1C(=O)OC1CCCCC1. The Labute approximate surface area is 215 Å². The molecule has 2 aliphatic carbocycles. The number of ether oxygens (including phenoxy) is 1. The zero-order chi connectivity index (χ0) is 25.5. The number of benzene rings is 2. The molecule has 188 valence electrons. The molecule has 6 nitrogen and oxygen atoms in total. The molecule has 2 aromatic rings. The molecule has 0 bridgehead atoms. The highest BCUT2D eigenvalue weighted by Crippen LogP contribution is 2.23. The van der Waals surface area contributed by atoms with Crippen LogP contribution in [0.15, 0.2) is 48.5 Å². The van der Waals surface area contributed by atoms with Crippen LogP contribution in [-0.4, -0.2) is 40.5 Å². The number of carboxylic acid groups (broad SMARTS) is 1. The Morgan fingerprint density at radius 1 is 0.743 bits per heavy atom. The number of alkyl halides is 1. The third-order valence-corrected chi connectivity index (χ3v) is 6.90. The predicted molar refractivity (Wildman–Crippen MR) is 139 cm³/mol. The van der Waals surface area contributed by atoms with E-state index in [9.17, 15) is 19.2 Å². The van der Waals surface area contributed by atoms with E-state index in [2.05, 4.69) is 15.9 Å². The highest BCUT2D eigenvalue weighted by Gasteiger charge is 2.20. The lowest BCUT2D eigenvalue weighted by Gasteiger charge is -2.22. The molecule has 0 unspecified atom stereocenters. The molecule has 0 spiro atoms. The maximum absolute atomic E-state index is 11.9. The second-order valence-electron chi connectivity index (χ2n) is 8.62. The lowest BCUT2D eigenvalue weighted by Crippen LogP contribution is -2.21. The van der Waals surface area contributed by atoms with Gasteiger partial charge in [0, 0.05) is 16.0 Å². The average Bonchev–Trinajstić information content (AvgIpc) is 2.90. The summed E-state index contributed by atoms with van der Waals surface area (Å²) in [5.41, 5.74) is 1.02. The fraction of sp³-hybridized carbons (Fsp3) is 0.429. The second-order valence-corrected chi connectivity index (χ2v) is 9.91. The van der Waals surface area contributed by atoms with Gasteiger partial charge in [-0.25, -0.2) is 9.59 Å². The van der Waals surface area contributed by atoms with Gasteiger partial charge in [0.1, 0.15) is 6.10 Å². The maximum atomic E-state index is 11.9. The first kappa shape index (κ1) is 28.4. The fourth-order valence-corrected chi connectivity index (χ4v) is 4.68. The predicted octanol–water partition coefficient (Wildman–Crippen LogP) is 6.90. The molecule has 0 aliphatic heterocycles. The zero-order valence-corrected chi connectivity index (χ0v) is 21.5. The summed E-state index contributed by atoms with van der Waals surface area (Å²) in [6.07, 6.45) is 13.7. The summed E-state index contributed by atoms with van der Waals surface area (Å²) in [5, 5.41) is 8.54. The number of rotatable bonds is 5. The van der Waals surface area contributed by atoms with E-state index >= 15 is 0 Å². The van der Waals surface area contributed by atoms with E-state index in [0.29, 0.717) is 23.7 Å². The van der Waals surface area contributed by atoms with Gasteiger partial charge in [-0.1, -0.05) is 78.0 Å². The van der Waals surface area contributed by atoms with Crippen LogP contribution >= 0.6 is 15.9 Å². The lowest BCUT2D eigenvalue weighted by atomic mass is 9.97. The quantitative estimate of drug-likeness (QED) is 0.249. The van der Waals surface area contributed by atoms with Crippen LogP contribution in [0.25, 0.3) is 0 Å². The van der Waals surface area contributed by atoms with Gasteiger partial charge >= 0.3 is 11.9 Å². The molecule has 2 aromatic carbocycles. The van der Waals surface area contributed by atoms with Crippen molar-refractivity contribution in [1.82, 2.24) is 0 Å². The third kappa shape index (κ3) is 10.1. The molecule has 1 N–H and O–H groups in total. The minimum Gasteiger partial charge on any atom is -0.478 e. The van der Waals surface area contributed by atoms with Crippen LogP contribution in [0.4, 0.5) is 0 Å². The summed E-state index contributed by atoms with van der Waals surface area (Å²) in [6.45, 7) is 0. The van der Waals surface area contributed by atoms with Crippen molar-refractivity contribution in [2.75, 3.05) is 0 Å². The topological polar surface area (TPSA) is 97.7 Å². The third-order valence-electron chi connectivity index (χ3n) is 5.99. The van der Waals surface area contributed by atoms with Crippen LogP contribution < -0.4 is 0 Å². The van der Waals surface area contributed by atoms with Gasteiger partial charge in [0.05, 0.1) is 11.1 Å². The van der Waals surface area contributed by atoms with Crippen molar-refractivity contribution in [3.8, 4) is 0 Å². The number of aldehydes is 2. The summed E-state index contributed by atoms with van der Waals surface area (Å²) < 4.78 is 5.42. The van der Waals surface area contributed by atoms with Gasteiger partial charge in [0.15, 0.2) is 12.6 Å². The molecule has 0 aromatic heterocycles. The van der Waals surface area contributed by atoms with Crippen molar-refractivity contribution < 1.29 is 29.0 Å². The van der Waals surface area contributed by atoms with Crippen molar-refractivity contribution in [3.05, 3.63) is 70.8 Å². The van der Waals surface area contributed by atoms with Crippen LogP contribution in [0, 0.1) is 0 Å². The normalized spacial score (nSPS) is 15.9. The zero-order valence-electron chi connectivity index (χ0n) is 19.9. The average molecular weight is 545 g/mol. The molecular formula is C28H33BrO6. The largest absolute Gasteiger partial charge is 0.478 e. The molecule has 2 saturated carbocycles. The fourth-order valence-electron chi connectivity index (χ4n) is 4.03. The Morgan fingerprint density at radius 3 is 1.63 bits per heavy atom. The number of carbonyl (C=O) groups excluding carboxylic acids is 3. The van der Waals surface area contributed by atoms with Crippen LogP contribution in [-0.2, 0) is 4.74 Å². The Balaban J connectivity index is 0.000000205. The first-order valence-electron chi connectivity index (χ1n) is 12.1. The summed E-state index contributed by atoms with van der Waals surface area (Å²) in [5.74, 6) is -1.45. The minimum atomic E-state index is -1.08. The van der Waals surface area contributed by atoms with Gasteiger partial charge in [-0.15, -0.1) is 0 Å². The standard InChI is InChI=1S/C14H16O3.C8H6O3.C6H11Br/c15-10-11-6-4-5-9-13(11)14(16)17-12-7-2-1-3-8-12;9-5-6-3-1-2-4-7(6)8(10)11;7-6-4-2-1-3-5-6/h4-6,9-10,12H,1-3,7-8H2;1-5H,(H,10,11);6H,1-5H2. The molecule has 0 heterocycles. The highest BCUT2D eigenvalue weighted by atomic mass is 79.9. The summed E-state index contributed by atoms with van der Waals surface area (Å²) in [6, 6.07) is 12.8. The Bertz CT molecular complexity index is 961. The van der Waals surface area contributed by atoms with E-state index < -0.39 is 5.97 Å². The monoisotopic (exact) mass is 544 g/mol. The Morgan fingerprint density at radius 2 is 1.20 bits per heavy atom. The van der Waals surface area contributed by atoms with Crippen molar-refractivity contribution in [3.63, 3.8) is 0 Å². The van der Waals surface area contributed by atoms with Crippen molar-refractivity contribution in [1.29, 1.82) is 0 Å². The van der Waals surface area contributed by atoms with E-state index in [1.54, 1.807) is 36.4 Å². The molecular weight excluding hydrogens is 512 g/mol. The summed E-state index contributed by atoms with van der Waals surface area (Å²) in [7, 11) is 0. The maximum Gasteiger partial charge on any atom is 0.339 e. The van der Waals surface area contributed by atoms with E-state index in [0.717, 1.165) is 30.5 Å². The Hall–Kier alpha value is -2.80. The van der Waals surface area contributed by atoms with E-state index in [1.165, 1.54) is 50.7 Å². The number of carbonyl (C=O) groups is 4. The summed E-state index contributed by atoms with van der Waals surface area (Å²) >= 11 is 3.59. The smallest absolute Gasteiger partial charge is 0.339 e. The number of aromatic carboxylic acids is 1. The minimum absolute atomic E-state index is 0.0240. The molecule has 0 amide bonds. The molecule has 0 saturated heterocycles. The van der Waals surface area contributed by atoms with Crippen LogP contribution in [0.2, 0.25) is 0 Å². The number of halogens is 1. The van der Waals surface area contributed by atoms with E-state index in [4.69, 9.17) is 9.84 Å². The molecule has 2 fully saturated rings. The highest BCUT2D eigenvalue weighted by molar-refractivity contribution is 9.09. The van der Waals surface area contributed by atoms with Gasteiger partial charge in [0.2, 0.25) is 0 Å². The van der Waals surface area contributed by atoms with Gasteiger partial charge in [-0.3, -0.25) is 9.59 Å². The van der Waals surface area contributed by atoms with Crippen LogP contribution in [0.5, 0.6) is 0 Å².